The Hall–Kier alpha value is -2.91. The maximum absolute atomic E-state index is 14.3. The standard InChI is InChI=1S/C30H44O7.C30H46O6/c1-25(2,36)12-11-21(33)30(8,37)23-19(32)14-27(5)20-10-9-16-17(13-18(31)24(35)26(16,3)4)29(20,7)22(34)15-28(23,27)6;1-15-18(31)12-23(27(4,5)35)36-20-13-28(6)21-10-9-16-17(11-19(32)25(34)26(16,2)3)30(21,8)22(33)14-29(28,7)24(15)20/h9,13,17,19-20,23,31-32,36-37H,10-12,14-15H2,1-8H3;9,15,17,19-21,23-25,32,34-35H,10-14H2,1-8H3/t17-,19-,20+,23+,27+,28-,29+,30+;15-,17+,19+,20-,21-,23-,24-,25+,28-,29+,30-/m10/s1. The van der Waals surface area contributed by atoms with Gasteiger partial charge in [-0.1, -0.05) is 85.6 Å². The van der Waals surface area contributed by atoms with Crippen molar-refractivity contribution in [3.63, 3.8) is 0 Å². The number of hydrogen-bond acceptors (Lipinski definition) is 13. The van der Waals surface area contributed by atoms with Gasteiger partial charge in [0.25, 0.3) is 0 Å². The van der Waals surface area contributed by atoms with E-state index >= 15 is 0 Å². The average Bonchev–Trinajstić information content (AvgIpc) is 3.54. The molecule has 0 amide bonds. The summed E-state index contributed by atoms with van der Waals surface area (Å²) in [7, 11) is 0. The number of aliphatic hydroxyl groups excluding tert-OH is 4. The van der Waals surface area contributed by atoms with Crippen LogP contribution in [-0.4, -0.2) is 112 Å². The number of aliphatic hydroxyl groups is 7. The van der Waals surface area contributed by atoms with E-state index in [0.717, 1.165) is 24.0 Å². The van der Waals surface area contributed by atoms with E-state index in [9.17, 15) is 59.7 Å². The van der Waals surface area contributed by atoms with Crippen molar-refractivity contribution < 1.29 is 64.5 Å². The van der Waals surface area contributed by atoms with E-state index in [1.165, 1.54) is 13.0 Å². The number of carbonyl (C=O) groups excluding carboxylic acids is 5. The predicted molar refractivity (Wildman–Crippen MR) is 274 cm³/mol. The number of ketones is 5. The third kappa shape index (κ3) is 7.69. The van der Waals surface area contributed by atoms with Gasteiger partial charge in [-0.05, 0) is 132 Å². The van der Waals surface area contributed by atoms with Crippen LogP contribution < -0.4 is 0 Å². The van der Waals surface area contributed by atoms with Gasteiger partial charge in [0.05, 0.1) is 47.1 Å². The lowest BCUT2D eigenvalue weighted by Gasteiger charge is -2.64. The zero-order chi connectivity index (χ0) is 54.9. The minimum atomic E-state index is -1.88. The molecule has 0 aromatic heterocycles. The molecular weight excluding hydrogens is 929 g/mol. The molecule has 0 aromatic carbocycles. The Morgan fingerprint density at radius 2 is 1.26 bits per heavy atom. The fourth-order valence-corrected chi connectivity index (χ4v) is 18.6. The van der Waals surface area contributed by atoms with Crippen molar-refractivity contribution in [3.05, 3.63) is 35.1 Å². The summed E-state index contributed by atoms with van der Waals surface area (Å²) in [6.45, 7) is 30.1. The van der Waals surface area contributed by atoms with Crippen molar-refractivity contribution in [1.82, 2.24) is 0 Å². The van der Waals surface area contributed by atoms with Crippen molar-refractivity contribution in [3.8, 4) is 0 Å². The van der Waals surface area contributed by atoms with E-state index in [2.05, 4.69) is 33.8 Å². The molecular formula is C60H90O13. The lowest BCUT2D eigenvalue weighted by atomic mass is 9.38. The summed E-state index contributed by atoms with van der Waals surface area (Å²) in [5.74, 6) is -2.77. The van der Waals surface area contributed by atoms with Crippen LogP contribution in [0.3, 0.4) is 0 Å². The second-order valence-electron chi connectivity index (χ2n) is 29.0. The van der Waals surface area contributed by atoms with Gasteiger partial charge in [0.2, 0.25) is 5.78 Å². The molecule has 13 heteroatoms. The maximum atomic E-state index is 14.3. The fourth-order valence-electron chi connectivity index (χ4n) is 18.6. The molecule has 0 aromatic rings. The molecule has 1 aliphatic heterocycles. The lowest BCUT2D eigenvalue weighted by Crippen LogP contribution is -2.64. The average molecular weight is 1020 g/mol. The zero-order valence-electron chi connectivity index (χ0n) is 46.8. The molecule has 9 aliphatic rings. The van der Waals surface area contributed by atoms with Gasteiger partial charge in [-0.2, -0.15) is 0 Å². The van der Waals surface area contributed by atoms with E-state index in [1.54, 1.807) is 41.5 Å². The van der Waals surface area contributed by atoms with Crippen LogP contribution in [0, 0.1) is 84.7 Å². The van der Waals surface area contributed by atoms with Crippen LogP contribution in [0.2, 0.25) is 0 Å². The molecule has 9 rings (SSSR count). The number of fused-ring (bicyclic) bond motifs is 12. The molecule has 5 saturated carbocycles. The van der Waals surface area contributed by atoms with Crippen molar-refractivity contribution in [2.24, 2.45) is 84.7 Å². The van der Waals surface area contributed by atoms with Crippen LogP contribution >= 0.6 is 0 Å². The maximum Gasteiger partial charge on any atom is 0.206 e. The SMILES string of the molecule is CC(C)(O)CCC(=O)[C@](C)(O)[C@H]1[C@H](O)C[C@@]2(C)[C@@H]3CC=C4[C@@H](C=C(O)C(=O)C4(C)C)[C@]3(C)C(=O)C[C@]12C.C[C@H]1C(=O)C[C@@H](C(C)(C)O)O[C@H]2C[C@@]3(C)[C@@H]4CC=C5[C@@H](C[C@@H](O)[C@@H](O)C5(C)C)[C@]4(C)C(=O)C[C@]3(C)[C@H]21. The highest BCUT2D eigenvalue weighted by Crippen LogP contribution is 2.76. The minimum Gasteiger partial charge on any atom is -0.505 e. The van der Waals surface area contributed by atoms with E-state index in [0.29, 0.717) is 25.7 Å². The zero-order valence-corrected chi connectivity index (χ0v) is 46.8. The van der Waals surface area contributed by atoms with Crippen LogP contribution in [-0.2, 0) is 28.7 Å². The summed E-state index contributed by atoms with van der Waals surface area (Å²) < 4.78 is 6.61. The molecule has 8 aliphatic carbocycles. The van der Waals surface area contributed by atoms with E-state index < -0.39 is 96.7 Å². The highest BCUT2D eigenvalue weighted by Gasteiger charge is 2.76. The van der Waals surface area contributed by atoms with E-state index in [1.807, 2.05) is 40.7 Å². The molecule has 0 unspecified atom stereocenters. The highest BCUT2D eigenvalue weighted by molar-refractivity contribution is 6.02. The first kappa shape index (κ1) is 56.3. The molecule has 19 atom stereocenters. The summed E-state index contributed by atoms with van der Waals surface area (Å²) in [5.41, 5.74) is -7.32. The molecule has 408 valence electrons. The van der Waals surface area contributed by atoms with Crippen molar-refractivity contribution in [2.75, 3.05) is 0 Å². The van der Waals surface area contributed by atoms with Gasteiger partial charge in [-0.25, -0.2) is 0 Å². The van der Waals surface area contributed by atoms with Gasteiger partial charge >= 0.3 is 0 Å². The molecule has 1 heterocycles. The Kier molecular flexibility index (Phi) is 13.1. The summed E-state index contributed by atoms with van der Waals surface area (Å²) in [5, 5.41) is 76.2. The summed E-state index contributed by atoms with van der Waals surface area (Å²) in [6, 6.07) is 0. The Morgan fingerprint density at radius 3 is 1.84 bits per heavy atom. The highest BCUT2D eigenvalue weighted by atomic mass is 16.5. The topological polar surface area (TPSA) is 236 Å². The van der Waals surface area contributed by atoms with Crippen molar-refractivity contribution >= 4 is 28.9 Å². The van der Waals surface area contributed by atoms with Crippen molar-refractivity contribution in [2.45, 2.75) is 222 Å². The molecule has 73 heavy (non-hydrogen) atoms. The molecule has 13 nitrogen and oxygen atoms in total. The van der Waals surface area contributed by atoms with Gasteiger partial charge in [0.15, 0.2) is 11.5 Å². The third-order valence-corrected chi connectivity index (χ3v) is 23.4. The summed E-state index contributed by atoms with van der Waals surface area (Å²) in [6.07, 6.45) is 5.86. The third-order valence-electron chi connectivity index (χ3n) is 23.4. The second-order valence-corrected chi connectivity index (χ2v) is 29.0. The number of ether oxygens (including phenoxy) is 1. The molecule has 0 spiro atoms. The molecule has 6 fully saturated rings. The van der Waals surface area contributed by atoms with E-state index in [-0.39, 0.29) is 95.7 Å². The Balaban J connectivity index is 0.000000195. The summed E-state index contributed by atoms with van der Waals surface area (Å²) in [4.78, 5) is 67.9. The predicted octanol–water partition coefficient (Wildman–Crippen LogP) is 7.69. The molecule has 0 bridgehead atoms. The Labute approximate surface area is 434 Å². The van der Waals surface area contributed by atoms with Gasteiger partial charge in [-0.3, -0.25) is 24.0 Å². The van der Waals surface area contributed by atoms with Crippen LogP contribution in [0.4, 0.5) is 0 Å². The first-order valence-electron chi connectivity index (χ1n) is 27.4. The van der Waals surface area contributed by atoms with Gasteiger partial charge in [0, 0.05) is 65.6 Å². The second kappa shape index (κ2) is 17.0. The van der Waals surface area contributed by atoms with Crippen LogP contribution in [0.5, 0.6) is 0 Å². The minimum absolute atomic E-state index is 0.0387. The Bertz CT molecular complexity index is 2450. The van der Waals surface area contributed by atoms with Gasteiger partial charge in [-0.15, -0.1) is 0 Å². The number of Topliss-reactive ketones (excluding diaryl/α,β-unsaturated/α-hetero) is 5. The smallest absolute Gasteiger partial charge is 0.206 e. The number of allylic oxidation sites excluding steroid dienone is 5. The first-order chi connectivity index (χ1) is 33.1. The quantitative estimate of drug-likeness (QED) is 0.127. The lowest BCUT2D eigenvalue weighted by molar-refractivity contribution is -0.181. The first-order valence-corrected chi connectivity index (χ1v) is 27.4. The largest absolute Gasteiger partial charge is 0.505 e. The van der Waals surface area contributed by atoms with E-state index in [4.69, 9.17) is 4.74 Å². The van der Waals surface area contributed by atoms with Crippen LogP contribution in [0.15, 0.2) is 35.1 Å². The normalized spacial score (nSPS) is 47.5. The van der Waals surface area contributed by atoms with Crippen LogP contribution in [0.1, 0.15) is 175 Å². The fraction of sp³-hybridized carbons (Fsp3) is 0.817. The molecule has 0 radical (unpaired) electrons. The van der Waals surface area contributed by atoms with Crippen LogP contribution in [0.25, 0.3) is 0 Å². The Morgan fingerprint density at radius 1 is 0.726 bits per heavy atom. The van der Waals surface area contributed by atoms with Gasteiger partial charge in [0.1, 0.15) is 23.0 Å². The van der Waals surface area contributed by atoms with Crippen molar-refractivity contribution in [1.29, 1.82) is 0 Å². The number of rotatable bonds is 6. The monoisotopic (exact) mass is 1020 g/mol. The number of hydrogen-bond donors (Lipinski definition) is 7. The number of carbonyl (C=O) groups is 5. The summed E-state index contributed by atoms with van der Waals surface area (Å²) >= 11 is 0. The molecule has 1 saturated heterocycles. The molecule has 7 N–H and O–H groups in total. The van der Waals surface area contributed by atoms with Gasteiger partial charge < -0.3 is 40.5 Å².